The van der Waals surface area contributed by atoms with Crippen molar-refractivity contribution in [1.82, 2.24) is 20.1 Å². The SMILES string of the molecule is COc1nn(C)c2nc(C)c(CCC(=O)NC(C)(CN)CC(C)C)c(C)c12. The molecule has 0 saturated heterocycles. The van der Waals surface area contributed by atoms with Crippen molar-refractivity contribution in [1.29, 1.82) is 0 Å². The molecular formula is C20H33N5O2. The Morgan fingerprint density at radius 2 is 2.04 bits per heavy atom. The first-order valence-electron chi connectivity index (χ1n) is 9.49. The molecule has 0 bridgehead atoms. The third-order valence-electron chi connectivity index (χ3n) is 5.07. The van der Waals surface area contributed by atoms with E-state index < -0.39 is 0 Å². The van der Waals surface area contributed by atoms with Gasteiger partial charge in [-0.15, -0.1) is 5.10 Å². The number of methoxy groups -OCH3 is 1. The average Bonchev–Trinajstić information content (AvgIpc) is 2.90. The van der Waals surface area contributed by atoms with Gasteiger partial charge in [-0.05, 0) is 50.7 Å². The lowest BCUT2D eigenvalue weighted by Crippen LogP contribution is -2.52. The van der Waals surface area contributed by atoms with E-state index in [1.54, 1.807) is 11.8 Å². The molecule has 0 aliphatic carbocycles. The number of carbonyl (C=O) groups excluding carboxylic acids is 1. The largest absolute Gasteiger partial charge is 0.479 e. The highest BCUT2D eigenvalue weighted by molar-refractivity contribution is 5.86. The van der Waals surface area contributed by atoms with Gasteiger partial charge in [-0.25, -0.2) is 9.67 Å². The van der Waals surface area contributed by atoms with Crippen LogP contribution in [0.25, 0.3) is 11.0 Å². The second-order valence-electron chi connectivity index (χ2n) is 8.04. The second-order valence-corrected chi connectivity index (χ2v) is 8.04. The molecule has 0 aromatic carbocycles. The molecule has 2 aromatic heterocycles. The molecular weight excluding hydrogens is 342 g/mol. The van der Waals surface area contributed by atoms with Crippen molar-refractivity contribution in [3.8, 4) is 5.88 Å². The minimum absolute atomic E-state index is 0.0145. The van der Waals surface area contributed by atoms with Gasteiger partial charge in [0, 0.05) is 31.2 Å². The van der Waals surface area contributed by atoms with Crippen LogP contribution in [0.2, 0.25) is 0 Å². The summed E-state index contributed by atoms with van der Waals surface area (Å²) in [5, 5.41) is 8.40. The Labute approximate surface area is 161 Å². The van der Waals surface area contributed by atoms with E-state index in [1.807, 2.05) is 27.8 Å². The maximum Gasteiger partial charge on any atom is 0.242 e. The van der Waals surface area contributed by atoms with Crippen molar-refractivity contribution < 1.29 is 9.53 Å². The highest BCUT2D eigenvalue weighted by Gasteiger charge is 2.26. The number of nitrogens with zero attached hydrogens (tertiary/aromatic N) is 3. The van der Waals surface area contributed by atoms with Gasteiger partial charge >= 0.3 is 0 Å². The summed E-state index contributed by atoms with van der Waals surface area (Å²) in [4.78, 5) is 17.2. The molecule has 0 aliphatic heterocycles. The van der Waals surface area contributed by atoms with Crippen LogP contribution in [0.1, 0.15) is 50.4 Å². The molecule has 1 unspecified atom stereocenters. The number of hydrogen-bond donors (Lipinski definition) is 2. The molecule has 0 aliphatic rings. The van der Waals surface area contributed by atoms with Gasteiger partial charge in [0.15, 0.2) is 5.65 Å². The summed E-state index contributed by atoms with van der Waals surface area (Å²) in [6.07, 6.45) is 1.87. The number of carbonyl (C=O) groups is 1. The van der Waals surface area contributed by atoms with Crippen molar-refractivity contribution >= 4 is 16.9 Å². The fourth-order valence-corrected chi connectivity index (χ4v) is 3.83. The predicted molar refractivity (Wildman–Crippen MR) is 108 cm³/mol. The van der Waals surface area contributed by atoms with E-state index in [2.05, 4.69) is 29.2 Å². The van der Waals surface area contributed by atoms with Crippen molar-refractivity contribution in [2.75, 3.05) is 13.7 Å². The Bertz CT molecular complexity index is 828. The number of aryl methyl sites for hydroxylation is 3. The van der Waals surface area contributed by atoms with E-state index in [1.165, 1.54) is 0 Å². The quantitative estimate of drug-likeness (QED) is 0.739. The first-order valence-corrected chi connectivity index (χ1v) is 9.49. The zero-order valence-electron chi connectivity index (χ0n) is 17.6. The topological polar surface area (TPSA) is 95.1 Å². The summed E-state index contributed by atoms with van der Waals surface area (Å²) in [6.45, 7) is 10.7. The van der Waals surface area contributed by atoms with E-state index in [4.69, 9.17) is 10.5 Å². The average molecular weight is 376 g/mol. The van der Waals surface area contributed by atoms with Crippen LogP contribution in [0.4, 0.5) is 0 Å². The molecule has 27 heavy (non-hydrogen) atoms. The summed E-state index contributed by atoms with van der Waals surface area (Å²) in [6, 6.07) is 0. The number of nitrogens with two attached hydrogens (primary N) is 1. The van der Waals surface area contributed by atoms with Crippen LogP contribution in [0.5, 0.6) is 5.88 Å². The maximum absolute atomic E-state index is 12.6. The van der Waals surface area contributed by atoms with E-state index in [0.717, 1.165) is 34.3 Å². The zero-order chi connectivity index (χ0) is 20.4. The lowest BCUT2D eigenvalue weighted by Gasteiger charge is -2.31. The van der Waals surface area contributed by atoms with Crippen molar-refractivity contribution in [2.45, 2.75) is 59.4 Å². The van der Waals surface area contributed by atoms with Gasteiger partial charge in [-0.2, -0.15) is 0 Å². The fourth-order valence-electron chi connectivity index (χ4n) is 3.83. The molecule has 2 aromatic rings. The Morgan fingerprint density at radius 1 is 1.37 bits per heavy atom. The first-order chi connectivity index (χ1) is 12.6. The number of ether oxygens (including phenoxy) is 1. The normalized spacial score (nSPS) is 13.8. The third kappa shape index (κ3) is 4.58. The van der Waals surface area contributed by atoms with Gasteiger partial charge in [-0.3, -0.25) is 4.79 Å². The summed E-state index contributed by atoms with van der Waals surface area (Å²) >= 11 is 0. The van der Waals surface area contributed by atoms with Gasteiger partial charge in [0.2, 0.25) is 11.8 Å². The van der Waals surface area contributed by atoms with Crippen LogP contribution >= 0.6 is 0 Å². The minimum atomic E-state index is -0.371. The summed E-state index contributed by atoms with van der Waals surface area (Å²) in [5.74, 6) is 1.05. The molecule has 7 heteroatoms. The van der Waals surface area contributed by atoms with E-state index >= 15 is 0 Å². The van der Waals surface area contributed by atoms with Gasteiger partial charge in [0.1, 0.15) is 0 Å². The van der Waals surface area contributed by atoms with Gasteiger partial charge < -0.3 is 15.8 Å². The molecule has 0 fully saturated rings. The molecule has 1 atom stereocenters. The molecule has 0 radical (unpaired) electrons. The van der Waals surface area contributed by atoms with E-state index in [-0.39, 0.29) is 11.4 Å². The standard InChI is InChI=1S/C20H33N5O2/c1-12(2)10-20(5,11-21)23-16(26)9-8-15-13(3)17-18(22-14(15)4)25(6)24-19(17)27-7/h12H,8-11,21H2,1-7H3,(H,23,26). The van der Waals surface area contributed by atoms with Gasteiger partial charge in [-0.1, -0.05) is 13.8 Å². The monoisotopic (exact) mass is 375 g/mol. The third-order valence-corrected chi connectivity index (χ3v) is 5.07. The summed E-state index contributed by atoms with van der Waals surface area (Å²) < 4.78 is 7.13. The number of amides is 1. The summed E-state index contributed by atoms with van der Waals surface area (Å²) in [5.41, 5.74) is 9.39. The Morgan fingerprint density at radius 3 is 2.59 bits per heavy atom. The van der Waals surface area contributed by atoms with Crippen LogP contribution in [0.3, 0.4) is 0 Å². The highest BCUT2D eigenvalue weighted by Crippen LogP contribution is 2.30. The molecule has 150 valence electrons. The number of nitrogens with one attached hydrogen (secondary N) is 1. The second kappa shape index (κ2) is 8.25. The van der Waals surface area contributed by atoms with Crippen LogP contribution < -0.4 is 15.8 Å². The van der Waals surface area contributed by atoms with Crippen LogP contribution in [-0.2, 0) is 18.3 Å². The molecule has 7 nitrogen and oxygen atoms in total. The van der Waals surface area contributed by atoms with Crippen molar-refractivity contribution in [3.63, 3.8) is 0 Å². The predicted octanol–water partition coefficient (Wildman–Crippen LogP) is 2.41. The fraction of sp³-hybridized carbons (Fsp3) is 0.650. The lowest BCUT2D eigenvalue weighted by molar-refractivity contribution is -0.122. The minimum Gasteiger partial charge on any atom is -0.479 e. The molecule has 2 heterocycles. The number of rotatable bonds is 8. The molecule has 0 spiro atoms. The van der Waals surface area contributed by atoms with Crippen LogP contribution in [-0.4, -0.2) is 39.9 Å². The highest BCUT2D eigenvalue weighted by atomic mass is 16.5. The number of aromatic nitrogens is 3. The zero-order valence-corrected chi connectivity index (χ0v) is 17.6. The Hall–Kier alpha value is -2.15. The lowest BCUT2D eigenvalue weighted by atomic mass is 9.90. The number of fused-ring (bicyclic) bond motifs is 1. The molecule has 1 amide bonds. The van der Waals surface area contributed by atoms with Crippen LogP contribution in [0.15, 0.2) is 0 Å². The smallest absolute Gasteiger partial charge is 0.242 e. The molecule has 2 rings (SSSR count). The number of hydrogen-bond acceptors (Lipinski definition) is 5. The van der Waals surface area contributed by atoms with Crippen molar-refractivity contribution in [2.24, 2.45) is 18.7 Å². The van der Waals surface area contributed by atoms with E-state index in [9.17, 15) is 4.79 Å². The van der Waals surface area contributed by atoms with Gasteiger partial charge in [0.25, 0.3) is 0 Å². The summed E-state index contributed by atoms with van der Waals surface area (Å²) in [7, 11) is 3.46. The Balaban J connectivity index is 2.20. The van der Waals surface area contributed by atoms with Crippen molar-refractivity contribution in [3.05, 3.63) is 16.8 Å². The number of pyridine rings is 1. The maximum atomic E-state index is 12.6. The first kappa shape index (κ1) is 21.2. The molecule has 3 N–H and O–H groups in total. The van der Waals surface area contributed by atoms with Crippen LogP contribution in [0, 0.1) is 19.8 Å². The molecule has 0 saturated carbocycles. The van der Waals surface area contributed by atoms with E-state index in [0.29, 0.717) is 31.2 Å². The Kier molecular flexibility index (Phi) is 6.46. The van der Waals surface area contributed by atoms with Gasteiger partial charge in [0.05, 0.1) is 12.5 Å².